The zero-order valence-electron chi connectivity index (χ0n) is 24.5. The first-order valence-corrected chi connectivity index (χ1v) is 15.4. The van der Waals surface area contributed by atoms with Gasteiger partial charge in [0.05, 0.1) is 12.5 Å². The van der Waals surface area contributed by atoms with Crippen molar-refractivity contribution in [2.75, 3.05) is 26.2 Å². The number of hydrogen-bond donors (Lipinski definition) is 1. The minimum Gasteiger partial charge on any atom is -0.463 e. The quantitative estimate of drug-likeness (QED) is 0.0731. The highest BCUT2D eigenvalue weighted by molar-refractivity contribution is 5.76. The number of nitrogens with one attached hydrogen (secondary N) is 1. The van der Waals surface area contributed by atoms with Gasteiger partial charge in [0.25, 0.3) is 0 Å². The van der Waals surface area contributed by atoms with Gasteiger partial charge in [0.15, 0.2) is 0 Å². The molecule has 0 aliphatic heterocycles. The highest BCUT2D eigenvalue weighted by Crippen LogP contribution is 2.10. The standard InChI is InChI=1S/C31H60N2O3/c1-5-9-10-11-12-13-14-15-16-17-18-19-20-21-22-23-30(34)32-29(8-4)28-36-31(35)24-27-33(25-6-2)26-7-3/h15-16,29H,5-14,17-28H2,1-4H3,(H,32,34)/b16-15-. The summed E-state index contributed by atoms with van der Waals surface area (Å²) in [5.41, 5.74) is 0. The molecule has 36 heavy (non-hydrogen) atoms. The van der Waals surface area contributed by atoms with Crippen LogP contribution >= 0.6 is 0 Å². The van der Waals surface area contributed by atoms with Crippen molar-refractivity contribution in [3.8, 4) is 0 Å². The first-order valence-electron chi connectivity index (χ1n) is 15.4. The molecule has 212 valence electrons. The molecule has 0 fully saturated rings. The van der Waals surface area contributed by atoms with Crippen LogP contribution in [0.15, 0.2) is 12.2 Å². The number of hydrogen-bond acceptors (Lipinski definition) is 4. The summed E-state index contributed by atoms with van der Waals surface area (Å²) in [4.78, 5) is 26.7. The molecule has 0 aliphatic rings. The number of unbranched alkanes of at least 4 members (excludes halogenated alkanes) is 11. The molecule has 0 aliphatic carbocycles. The third kappa shape index (κ3) is 23.1. The molecule has 0 radical (unpaired) electrons. The highest BCUT2D eigenvalue weighted by Gasteiger charge is 2.14. The topological polar surface area (TPSA) is 58.6 Å². The van der Waals surface area contributed by atoms with Crippen LogP contribution in [-0.4, -0.2) is 49.1 Å². The van der Waals surface area contributed by atoms with Gasteiger partial charge >= 0.3 is 5.97 Å². The molecule has 0 spiro atoms. The van der Waals surface area contributed by atoms with Crippen molar-refractivity contribution in [2.24, 2.45) is 0 Å². The number of nitrogens with zero attached hydrogens (tertiary/aromatic N) is 1. The summed E-state index contributed by atoms with van der Waals surface area (Å²) in [7, 11) is 0. The van der Waals surface area contributed by atoms with Gasteiger partial charge in [-0.25, -0.2) is 0 Å². The van der Waals surface area contributed by atoms with E-state index in [1.165, 1.54) is 70.6 Å². The lowest BCUT2D eigenvalue weighted by Crippen LogP contribution is -2.38. The Balaban J connectivity index is 3.72. The van der Waals surface area contributed by atoms with E-state index in [0.29, 0.717) is 12.8 Å². The third-order valence-electron chi connectivity index (χ3n) is 6.68. The summed E-state index contributed by atoms with van der Waals surface area (Å²) >= 11 is 0. The summed E-state index contributed by atoms with van der Waals surface area (Å²) in [6.45, 7) is 11.7. The SMILES string of the molecule is CCCCCCCC/C=C\CCCCCCCC(=O)NC(CC)COC(=O)CCN(CCC)CCC. The van der Waals surface area contributed by atoms with Crippen LogP contribution in [0.1, 0.15) is 143 Å². The molecule has 0 rings (SSSR count). The van der Waals surface area contributed by atoms with E-state index < -0.39 is 0 Å². The minimum atomic E-state index is -0.169. The minimum absolute atomic E-state index is 0.0765. The van der Waals surface area contributed by atoms with Crippen molar-refractivity contribution in [1.29, 1.82) is 0 Å². The van der Waals surface area contributed by atoms with Gasteiger partial charge in [-0.2, -0.15) is 0 Å². The summed E-state index contributed by atoms with van der Waals surface area (Å²) < 4.78 is 5.45. The van der Waals surface area contributed by atoms with Gasteiger partial charge in [-0.15, -0.1) is 0 Å². The largest absolute Gasteiger partial charge is 0.463 e. The normalized spacial score (nSPS) is 12.4. The zero-order valence-corrected chi connectivity index (χ0v) is 24.5. The Morgan fingerprint density at radius 1 is 0.694 bits per heavy atom. The third-order valence-corrected chi connectivity index (χ3v) is 6.68. The van der Waals surface area contributed by atoms with Crippen LogP contribution in [0.5, 0.6) is 0 Å². The molecule has 5 nitrogen and oxygen atoms in total. The maximum Gasteiger partial charge on any atom is 0.307 e. The molecular formula is C31H60N2O3. The zero-order chi connectivity index (χ0) is 26.7. The highest BCUT2D eigenvalue weighted by atomic mass is 16.5. The van der Waals surface area contributed by atoms with Crippen molar-refractivity contribution in [3.05, 3.63) is 12.2 Å². The number of allylic oxidation sites excluding steroid dienone is 2. The van der Waals surface area contributed by atoms with E-state index in [0.717, 1.165) is 51.7 Å². The molecule has 0 aromatic rings. The monoisotopic (exact) mass is 508 g/mol. The number of carbonyl (C=O) groups excluding carboxylic acids is 2. The Kier molecular flexibility index (Phi) is 25.7. The summed E-state index contributed by atoms with van der Waals surface area (Å²) in [6, 6.07) is -0.0908. The van der Waals surface area contributed by atoms with E-state index in [9.17, 15) is 9.59 Å². The maximum absolute atomic E-state index is 12.3. The fourth-order valence-electron chi connectivity index (χ4n) is 4.40. The molecule has 1 unspecified atom stereocenters. The van der Waals surface area contributed by atoms with Crippen LogP contribution in [0, 0.1) is 0 Å². The Morgan fingerprint density at radius 2 is 1.25 bits per heavy atom. The van der Waals surface area contributed by atoms with E-state index in [-0.39, 0.29) is 24.5 Å². The molecule has 0 heterocycles. The molecule has 5 heteroatoms. The molecule has 0 saturated carbocycles. The maximum atomic E-state index is 12.3. The number of esters is 1. The molecule has 0 aromatic carbocycles. The predicted octanol–water partition coefficient (Wildman–Crippen LogP) is 7.97. The van der Waals surface area contributed by atoms with Gasteiger partial charge in [0, 0.05) is 13.0 Å². The van der Waals surface area contributed by atoms with E-state index in [2.05, 4.69) is 43.1 Å². The fourth-order valence-corrected chi connectivity index (χ4v) is 4.40. The lowest BCUT2D eigenvalue weighted by atomic mass is 10.1. The smallest absolute Gasteiger partial charge is 0.307 e. The van der Waals surface area contributed by atoms with E-state index in [4.69, 9.17) is 4.74 Å². The average molecular weight is 509 g/mol. The molecule has 1 atom stereocenters. The Labute approximate surface area is 224 Å². The summed E-state index contributed by atoms with van der Waals surface area (Å²) in [5, 5.41) is 3.04. The molecule has 0 saturated heterocycles. The van der Waals surface area contributed by atoms with E-state index in [1.54, 1.807) is 0 Å². The summed E-state index contributed by atoms with van der Waals surface area (Å²) in [5.74, 6) is -0.0928. The first kappa shape index (κ1) is 34.6. The number of carbonyl (C=O) groups is 2. The van der Waals surface area contributed by atoms with Crippen LogP contribution in [0.2, 0.25) is 0 Å². The second-order valence-corrected chi connectivity index (χ2v) is 10.3. The van der Waals surface area contributed by atoms with Crippen molar-refractivity contribution >= 4 is 11.9 Å². The molecule has 0 aromatic heterocycles. The van der Waals surface area contributed by atoms with Crippen LogP contribution in [0.25, 0.3) is 0 Å². The van der Waals surface area contributed by atoms with Gasteiger partial charge in [0.2, 0.25) is 5.91 Å². The fraction of sp³-hybridized carbons (Fsp3) is 0.871. The van der Waals surface area contributed by atoms with Gasteiger partial charge in [-0.1, -0.05) is 91.2 Å². The predicted molar refractivity (Wildman–Crippen MR) is 154 cm³/mol. The Morgan fingerprint density at radius 3 is 1.81 bits per heavy atom. The lowest BCUT2D eigenvalue weighted by molar-refractivity contribution is -0.145. The molecule has 1 N–H and O–H groups in total. The van der Waals surface area contributed by atoms with Gasteiger partial charge in [-0.3, -0.25) is 9.59 Å². The van der Waals surface area contributed by atoms with Crippen molar-refractivity contribution in [3.63, 3.8) is 0 Å². The van der Waals surface area contributed by atoms with Gasteiger partial charge in [-0.05, 0) is 64.5 Å². The van der Waals surface area contributed by atoms with Crippen molar-refractivity contribution in [2.45, 2.75) is 149 Å². The van der Waals surface area contributed by atoms with Crippen LogP contribution < -0.4 is 5.32 Å². The van der Waals surface area contributed by atoms with Crippen LogP contribution in [0.3, 0.4) is 0 Å². The number of rotatable bonds is 26. The Bertz CT molecular complexity index is 530. The second-order valence-electron chi connectivity index (χ2n) is 10.3. The first-order chi connectivity index (χ1) is 17.6. The number of ether oxygens (including phenoxy) is 1. The molecule has 0 bridgehead atoms. The van der Waals surface area contributed by atoms with Gasteiger partial charge in [0.1, 0.15) is 6.61 Å². The Hall–Kier alpha value is -1.36. The second kappa shape index (κ2) is 26.7. The average Bonchev–Trinajstić information content (AvgIpc) is 2.87. The number of amides is 1. The molecule has 1 amide bonds. The van der Waals surface area contributed by atoms with E-state index in [1.807, 2.05) is 6.92 Å². The molecular weight excluding hydrogens is 448 g/mol. The summed E-state index contributed by atoms with van der Waals surface area (Å²) in [6.07, 6.45) is 25.0. The van der Waals surface area contributed by atoms with Gasteiger partial charge < -0.3 is 15.0 Å². The van der Waals surface area contributed by atoms with Crippen LogP contribution in [-0.2, 0) is 14.3 Å². The van der Waals surface area contributed by atoms with Crippen molar-refractivity contribution < 1.29 is 14.3 Å². The van der Waals surface area contributed by atoms with Crippen LogP contribution in [0.4, 0.5) is 0 Å². The lowest BCUT2D eigenvalue weighted by Gasteiger charge is -2.21. The van der Waals surface area contributed by atoms with E-state index >= 15 is 0 Å². The van der Waals surface area contributed by atoms with Crippen molar-refractivity contribution in [1.82, 2.24) is 10.2 Å².